The number of nitrogens with zero attached hydrogens (tertiary/aromatic N) is 2. The second kappa shape index (κ2) is 7.02. The molecule has 0 unspecified atom stereocenters. The lowest BCUT2D eigenvalue weighted by Crippen LogP contribution is -2.39. The number of rotatable bonds is 6. The summed E-state index contributed by atoms with van der Waals surface area (Å²) in [6, 6.07) is 3.14. The summed E-state index contributed by atoms with van der Waals surface area (Å²) in [6.45, 7) is 8.09. The second-order valence-corrected chi connectivity index (χ2v) is 5.78. The van der Waals surface area contributed by atoms with Gasteiger partial charge in [0.1, 0.15) is 0 Å². The van der Waals surface area contributed by atoms with Gasteiger partial charge in [0, 0.05) is 30.3 Å². The zero-order chi connectivity index (χ0) is 17.0. The molecule has 0 heterocycles. The van der Waals surface area contributed by atoms with Crippen molar-refractivity contribution in [3.05, 3.63) is 39.4 Å². The minimum atomic E-state index is -1.31. The van der Waals surface area contributed by atoms with Crippen LogP contribution >= 0.6 is 0 Å². The van der Waals surface area contributed by atoms with Crippen LogP contribution in [0.4, 0.5) is 5.69 Å². The molecule has 0 bridgehead atoms. The van der Waals surface area contributed by atoms with Gasteiger partial charge in [0.2, 0.25) is 0 Å². The number of hydrogen-bond acceptors (Lipinski definition) is 4. The van der Waals surface area contributed by atoms with Crippen LogP contribution in [0.5, 0.6) is 0 Å². The maximum atomic E-state index is 12.6. The van der Waals surface area contributed by atoms with Crippen molar-refractivity contribution in [3.8, 4) is 0 Å². The lowest BCUT2D eigenvalue weighted by molar-refractivity contribution is -0.384. The van der Waals surface area contributed by atoms with Crippen LogP contribution in [0.3, 0.4) is 0 Å². The Bertz CT molecular complexity index is 563. The van der Waals surface area contributed by atoms with E-state index in [0.717, 1.165) is 12.1 Å². The van der Waals surface area contributed by atoms with Crippen LogP contribution in [0.2, 0.25) is 0 Å². The minimum absolute atomic E-state index is 0.0148. The molecule has 0 saturated heterocycles. The number of carbonyl (C=O) groups excluding carboxylic acids is 1. The molecule has 1 rings (SSSR count). The van der Waals surface area contributed by atoms with E-state index in [2.05, 4.69) is 0 Å². The largest absolute Gasteiger partial charge is 0.478 e. The van der Waals surface area contributed by atoms with E-state index >= 15 is 0 Å². The average Bonchev–Trinajstić information content (AvgIpc) is 2.42. The Morgan fingerprint density at radius 1 is 1.18 bits per heavy atom. The number of non-ortho nitro benzene ring substituents is 1. The highest BCUT2D eigenvalue weighted by Crippen LogP contribution is 2.20. The molecule has 0 aliphatic heterocycles. The summed E-state index contributed by atoms with van der Waals surface area (Å²) in [5.41, 5.74) is -0.664. The molecule has 0 aliphatic rings. The highest BCUT2D eigenvalue weighted by atomic mass is 16.6. The van der Waals surface area contributed by atoms with Gasteiger partial charge in [0.05, 0.1) is 10.5 Å². The maximum Gasteiger partial charge on any atom is 0.335 e. The van der Waals surface area contributed by atoms with Gasteiger partial charge in [-0.3, -0.25) is 14.9 Å². The highest BCUT2D eigenvalue weighted by molar-refractivity contribution is 5.98. The van der Waals surface area contributed by atoms with E-state index in [4.69, 9.17) is 5.11 Å². The summed E-state index contributed by atoms with van der Waals surface area (Å²) < 4.78 is 0. The number of aromatic carboxylic acids is 1. The van der Waals surface area contributed by atoms with Crippen molar-refractivity contribution in [2.45, 2.75) is 33.7 Å². The number of carbonyl (C=O) groups is 2. The smallest absolute Gasteiger partial charge is 0.335 e. The van der Waals surface area contributed by atoms with Crippen LogP contribution < -0.4 is 0 Å². The minimum Gasteiger partial charge on any atom is -0.478 e. The van der Waals surface area contributed by atoms with E-state index in [1.54, 1.807) is 4.90 Å². The molecule has 0 aliphatic carbocycles. The molecule has 7 nitrogen and oxygen atoms in total. The topological polar surface area (TPSA) is 101 Å². The summed E-state index contributed by atoms with van der Waals surface area (Å²) in [6.07, 6.45) is 0. The Morgan fingerprint density at radius 2 is 1.73 bits per heavy atom. The fraction of sp³-hybridized carbons (Fsp3) is 0.467. The molecule has 1 amide bonds. The average molecular weight is 308 g/mol. The van der Waals surface area contributed by atoms with Gasteiger partial charge in [0.15, 0.2) is 0 Å². The summed E-state index contributed by atoms with van der Waals surface area (Å²) in [7, 11) is 0. The normalized spacial score (nSPS) is 10.8. The molecule has 0 saturated carbocycles. The van der Waals surface area contributed by atoms with Gasteiger partial charge in [-0.1, -0.05) is 13.8 Å². The Morgan fingerprint density at radius 3 is 2.14 bits per heavy atom. The zero-order valence-corrected chi connectivity index (χ0v) is 13.1. The van der Waals surface area contributed by atoms with Crippen molar-refractivity contribution in [1.29, 1.82) is 0 Å². The fourth-order valence-electron chi connectivity index (χ4n) is 2.05. The molecule has 7 heteroatoms. The predicted molar refractivity (Wildman–Crippen MR) is 81.1 cm³/mol. The molecular weight excluding hydrogens is 288 g/mol. The lowest BCUT2D eigenvalue weighted by atomic mass is 10.1. The number of benzene rings is 1. The Kier molecular flexibility index (Phi) is 5.62. The molecule has 22 heavy (non-hydrogen) atoms. The third kappa shape index (κ3) is 4.28. The third-order valence-electron chi connectivity index (χ3n) is 3.07. The molecule has 1 N–H and O–H groups in total. The van der Waals surface area contributed by atoms with Crippen LogP contribution in [0.25, 0.3) is 0 Å². The van der Waals surface area contributed by atoms with Gasteiger partial charge < -0.3 is 10.0 Å². The number of hydrogen-bond donors (Lipinski definition) is 1. The van der Waals surface area contributed by atoms with Crippen LogP contribution in [0.15, 0.2) is 18.2 Å². The van der Waals surface area contributed by atoms with Crippen molar-refractivity contribution in [2.75, 3.05) is 6.54 Å². The van der Waals surface area contributed by atoms with Crippen molar-refractivity contribution < 1.29 is 19.6 Å². The van der Waals surface area contributed by atoms with Gasteiger partial charge in [-0.15, -0.1) is 0 Å². The number of nitro groups is 1. The first-order chi connectivity index (χ1) is 10.1. The van der Waals surface area contributed by atoms with Crippen LogP contribution in [-0.4, -0.2) is 39.4 Å². The standard InChI is InChI=1S/C15H20N2O5/c1-9(2)8-16(10(3)4)14(18)11-5-12(15(19)20)7-13(6-11)17(21)22/h5-7,9-10H,8H2,1-4H3,(H,19,20). The Hall–Kier alpha value is -2.44. The molecule has 0 spiro atoms. The van der Waals surface area contributed by atoms with Crippen LogP contribution in [0.1, 0.15) is 48.4 Å². The van der Waals surface area contributed by atoms with E-state index in [0.29, 0.717) is 6.54 Å². The maximum absolute atomic E-state index is 12.6. The molecule has 0 aromatic heterocycles. The molecular formula is C15H20N2O5. The SMILES string of the molecule is CC(C)CN(C(=O)c1cc(C(=O)O)cc([N+](=O)[O-])c1)C(C)C. The van der Waals surface area contributed by atoms with Gasteiger partial charge in [-0.25, -0.2) is 4.79 Å². The monoisotopic (exact) mass is 308 g/mol. The van der Waals surface area contributed by atoms with E-state index in [-0.39, 0.29) is 23.1 Å². The molecule has 120 valence electrons. The lowest BCUT2D eigenvalue weighted by Gasteiger charge is -2.28. The van der Waals surface area contributed by atoms with Gasteiger partial charge >= 0.3 is 5.97 Å². The predicted octanol–water partition coefficient (Wildman–Crippen LogP) is 2.80. The summed E-state index contributed by atoms with van der Waals surface area (Å²) >= 11 is 0. The summed E-state index contributed by atoms with van der Waals surface area (Å²) in [5.74, 6) is -1.49. The quantitative estimate of drug-likeness (QED) is 0.643. The van der Waals surface area contributed by atoms with E-state index in [1.165, 1.54) is 6.07 Å². The molecule has 1 aromatic rings. The van der Waals surface area contributed by atoms with Gasteiger partial charge in [0.25, 0.3) is 11.6 Å². The molecule has 0 radical (unpaired) electrons. The first-order valence-electron chi connectivity index (χ1n) is 6.97. The van der Waals surface area contributed by atoms with Crippen LogP contribution in [-0.2, 0) is 0 Å². The van der Waals surface area contributed by atoms with Crippen molar-refractivity contribution in [3.63, 3.8) is 0 Å². The number of carboxylic acids is 1. The number of carboxylic acid groups (broad SMARTS) is 1. The summed E-state index contributed by atoms with van der Waals surface area (Å²) in [5, 5.41) is 20.0. The van der Waals surface area contributed by atoms with E-state index in [1.807, 2.05) is 27.7 Å². The van der Waals surface area contributed by atoms with Crippen molar-refractivity contribution in [2.24, 2.45) is 5.92 Å². The van der Waals surface area contributed by atoms with Gasteiger partial charge in [-0.2, -0.15) is 0 Å². The highest BCUT2D eigenvalue weighted by Gasteiger charge is 2.23. The fourth-order valence-corrected chi connectivity index (χ4v) is 2.05. The van der Waals surface area contributed by atoms with Crippen molar-refractivity contribution >= 4 is 17.6 Å². The first-order valence-corrected chi connectivity index (χ1v) is 6.97. The van der Waals surface area contributed by atoms with E-state index < -0.39 is 22.5 Å². The Labute approximate surface area is 128 Å². The number of nitro benzene ring substituents is 1. The third-order valence-corrected chi connectivity index (χ3v) is 3.07. The first kappa shape index (κ1) is 17.6. The zero-order valence-electron chi connectivity index (χ0n) is 13.1. The van der Waals surface area contributed by atoms with Crippen molar-refractivity contribution in [1.82, 2.24) is 4.90 Å². The van der Waals surface area contributed by atoms with Gasteiger partial charge in [-0.05, 0) is 25.8 Å². The number of amides is 1. The van der Waals surface area contributed by atoms with E-state index in [9.17, 15) is 19.7 Å². The Balaban J connectivity index is 3.30. The molecule has 1 aromatic carbocycles. The second-order valence-electron chi connectivity index (χ2n) is 5.78. The molecule has 0 atom stereocenters. The summed E-state index contributed by atoms with van der Waals surface area (Å²) in [4.78, 5) is 35.5. The molecule has 0 fully saturated rings. The van der Waals surface area contributed by atoms with Crippen LogP contribution in [0, 0.1) is 16.0 Å².